The molecule has 1 aromatic rings. The first-order chi connectivity index (χ1) is 11.5. The number of rotatable bonds is 5. The van der Waals surface area contributed by atoms with Gasteiger partial charge in [0, 0.05) is 44.9 Å². The average molecular weight is 391 g/mol. The summed E-state index contributed by atoms with van der Waals surface area (Å²) in [4.78, 5) is -0.494. The number of benzene rings is 1. The van der Waals surface area contributed by atoms with Crippen LogP contribution in [0, 0.1) is 17.5 Å². The number of nitrogens with zero attached hydrogens (tertiary/aromatic N) is 1. The molecule has 1 aliphatic heterocycles. The average Bonchev–Trinajstić information content (AvgIpc) is 2.45. The van der Waals surface area contributed by atoms with Gasteiger partial charge in [0.15, 0.2) is 4.90 Å². The third-order valence-corrected chi connectivity index (χ3v) is 5.14. The summed E-state index contributed by atoms with van der Waals surface area (Å²) >= 11 is 0. The minimum absolute atomic E-state index is 0.0329. The van der Waals surface area contributed by atoms with Crippen molar-refractivity contribution < 1.29 is 34.8 Å². The van der Waals surface area contributed by atoms with Crippen LogP contribution in [0.25, 0.3) is 0 Å². The van der Waals surface area contributed by atoms with E-state index in [0.717, 1.165) is 4.90 Å². The molecule has 1 aromatic carbocycles. The Balaban J connectivity index is 2.21. The Bertz CT molecular complexity index is 696. The normalized spacial score (nSPS) is 18.3. The van der Waals surface area contributed by atoms with Crippen LogP contribution < -0.4 is 10.0 Å². The highest BCUT2D eigenvalue weighted by molar-refractivity contribution is 7.89. The van der Waals surface area contributed by atoms with E-state index in [2.05, 4.69) is 5.32 Å². The summed E-state index contributed by atoms with van der Waals surface area (Å²) in [5.41, 5.74) is 0. The fourth-order valence-corrected chi connectivity index (χ4v) is 3.65. The number of halogens is 6. The molecule has 0 aromatic heterocycles. The van der Waals surface area contributed by atoms with Crippen LogP contribution in [0.2, 0.25) is 0 Å². The summed E-state index contributed by atoms with van der Waals surface area (Å²) in [5, 5.41) is 2.86. The molecular formula is C13H15F6N3O2S. The van der Waals surface area contributed by atoms with Crippen molar-refractivity contribution in [2.45, 2.75) is 17.1 Å². The largest absolute Gasteiger partial charge is 0.405 e. The predicted octanol–water partition coefficient (Wildman–Crippen LogP) is 1.22. The van der Waals surface area contributed by atoms with Crippen LogP contribution in [-0.4, -0.2) is 58.3 Å². The van der Waals surface area contributed by atoms with Gasteiger partial charge in [-0.05, 0) is 0 Å². The third kappa shape index (κ3) is 4.84. The van der Waals surface area contributed by atoms with Gasteiger partial charge in [-0.2, -0.15) is 13.2 Å². The molecule has 1 atom stereocenters. The number of hydrogen-bond acceptors (Lipinski definition) is 4. The van der Waals surface area contributed by atoms with Crippen LogP contribution >= 0.6 is 0 Å². The molecule has 0 saturated carbocycles. The van der Waals surface area contributed by atoms with E-state index in [4.69, 9.17) is 0 Å². The van der Waals surface area contributed by atoms with Gasteiger partial charge in [-0.15, -0.1) is 0 Å². The van der Waals surface area contributed by atoms with Crippen molar-refractivity contribution in [1.82, 2.24) is 14.9 Å². The molecule has 1 saturated heterocycles. The molecule has 1 aliphatic rings. The monoisotopic (exact) mass is 391 g/mol. The van der Waals surface area contributed by atoms with Crippen molar-refractivity contribution in [3.05, 3.63) is 29.6 Å². The Hall–Kier alpha value is -1.37. The quantitative estimate of drug-likeness (QED) is 0.741. The molecule has 0 spiro atoms. The topological polar surface area (TPSA) is 61.4 Å². The second kappa shape index (κ2) is 7.48. The maximum atomic E-state index is 13.6. The molecule has 1 fully saturated rings. The highest BCUT2D eigenvalue weighted by atomic mass is 32.2. The van der Waals surface area contributed by atoms with Crippen molar-refractivity contribution in [2.75, 3.05) is 32.7 Å². The number of nitrogens with one attached hydrogen (secondary N) is 2. The van der Waals surface area contributed by atoms with Gasteiger partial charge in [0.05, 0.1) is 0 Å². The molecule has 142 valence electrons. The summed E-state index contributed by atoms with van der Waals surface area (Å²) in [5.74, 6) is -4.80. The van der Waals surface area contributed by atoms with Crippen LogP contribution in [-0.2, 0) is 10.0 Å². The summed E-state index contributed by atoms with van der Waals surface area (Å²) < 4.78 is 105. The van der Waals surface area contributed by atoms with Crippen molar-refractivity contribution in [3.63, 3.8) is 0 Å². The number of hydrogen-bond donors (Lipinski definition) is 2. The van der Waals surface area contributed by atoms with Crippen LogP contribution in [0.15, 0.2) is 17.0 Å². The minimum Gasteiger partial charge on any atom is -0.314 e. The van der Waals surface area contributed by atoms with E-state index in [1.807, 2.05) is 0 Å². The molecule has 1 heterocycles. The van der Waals surface area contributed by atoms with Gasteiger partial charge in [0.2, 0.25) is 10.0 Å². The van der Waals surface area contributed by atoms with Crippen molar-refractivity contribution in [1.29, 1.82) is 0 Å². The molecule has 2 N–H and O–H groups in total. The first kappa shape index (κ1) is 19.9. The molecule has 12 heteroatoms. The smallest absolute Gasteiger partial charge is 0.314 e. The van der Waals surface area contributed by atoms with Crippen molar-refractivity contribution in [2.24, 2.45) is 0 Å². The molecule has 0 amide bonds. The lowest BCUT2D eigenvalue weighted by atomic mass is 10.2. The van der Waals surface area contributed by atoms with E-state index in [1.54, 1.807) is 4.72 Å². The fourth-order valence-electron chi connectivity index (χ4n) is 2.49. The van der Waals surface area contributed by atoms with E-state index < -0.39 is 51.1 Å². The van der Waals surface area contributed by atoms with Crippen LogP contribution in [0.5, 0.6) is 0 Å². The van der Waals surface area contributed by atoms with Crippen LogP contribution in [0.4, 0.5) is 26.3 Å². The lowest BCUT2D eigenvalue weighted by Gasteiger charge is -2.35. The Labute approximate surface area is 140 Å². The SMILES string of the molecule is O=S(=O)(NCC(N1CCNCC1)C(F)(F)F)c1c(F)cc(F)cc1F. The zero-order valence-electron chi connectivity index (χ0n) is 12.7. The summed E-state index contributed by atoms with van der Waals surface area (Å²) in [6, 6.07) is -1.89. The van der Waals surface area contributed by atoms with Gasteiger partial charge in [0.25, 0.3) is 0 Å². The summed E-state index contributed by atoms with van der Waals surface area (Å²) in [7, 11) is -4.94. The van der Waals surface area contributed by atoms with Gasteiger partial charge in [-0.3, -0.25) is 4.90 Å². The zero-order chi connectivity index (χ0) is 18.8. The number of piperazine rings is 1. The van der Waals surface area contributed by atoms with Crippen molar-refractivity contribution in [3.8, 4) is 0 Å². The van der Waals surface area contributed by atoms with E-state index in [0.29, 0.717) is 13.1 Å². The standard InChI is InChI=1S/C13H15F6N3O2S/c14-8-5-9(15)12(10(16)6-8)25(23,24)21-7-11(13(17,18)19)22-3-1-20-2-4-22/h5-6,11,20-21H,1-4,7H2. The molecule has 0 aliphatic carbocycles. The van der Waals surface area contributed by atoms with Gasteiger partial charge >= 0.3 is 6.18 Å². The predicted molar refractivity (Wildman–Crippen MR) is 75.8 cm³/mol. The van der Waals surface area contributed by atoms with E-state index in [-0.39, 0.29) is 25.2 Å². The molecule has 0 bridgehead atoms. The molecule has 0 radical (unpaired) electrons. The van der Waals surface area contributed by atoms with Gasteiger partial charge in [-0.25, -0.2) is 26.3 Å². The zero-order valence-corrected chi connectivity index (χ0v) is 13.5. The Kier molecular flexibility index (Phi) is 5.97. The minimum atomic E-state index is -4.94. The number of alkyl halides is 3. The molecule has 2 rings (SSSR count). The van der Waals surface area contributed by atoms with Crippen molar-refractivity contribution >= 4 is 10.0 Å². The molecule has 5 nitrogen and oxygen atoms in total. The van der Waals surface area contributed by atoms with Crippen LogP contribution in [0.1, 0.15) is 0 Å². The second-order valence-corrected chi connectivity index (χ2v) is 7.10. The fraction of sp³-hybridized carbons (Fsp3) is 0.538. The Morgan fingerprint density at radius 1 is 1.12 bits per heavy atom. The van der Waals surface area contributed by atoms with Gasteiger partial charge in [-0.1, -0.05) is 0 Å². The lowest BCUT2D eigenvalue weighted by Crippen LogP contribution is -2.57. The third-order valence-electron chi connectivity index (χ3n) is 3.67. The first-order valence-corrected chi connectivity index (χ1v) is 8.66. The van der Waals surface area contributed by atoms with Gasteiger partial charge in [0.1, 0.15) is 23.5 Å². The highest BCUT2D eigenvalue weighted by Crippen LogP contribution is 2.26. The molecule has 25 heavy (non-hydrogen) atoms. The van der Waals surface area contributed by atoms with Gasteiger partial charge < -0.3 is 5.32 Å². The van der Waals surface area contributed by atoms with Crippen LogP contribution in [0.3, 0.4) is 0 Å². The molecular weight excluding hydrogens is 376 g/mol. The lowest BCUT2D eigenvalue weighted by molar-refractivity contribution is -0.182. The summed E-state index contributed by atoms with van der Waals surface area (Å²) in [6.45, 7) is -0.473. The van der Waals surface area contributed by atoms with E-state index in [9.17, 15) is 34.8 Å². The molecule has 1 unspecified atom stereocenters. The summed E-state index contributed by atoms with van der Waals surface area (Å²) in [6.07, 6.45) is -4.75. The Morgan fingerprint density at radius 2 is 1.64 bits per heavy atom. The maximum Gasteiger partial charge on any atom is 0.405 e. The van der Waals surface area contributed by atoms with E-state index in [1.165, 1.54) is 0 Å². The second-order valence-electron chi connectivity index (χ2n) is 5.39. The van der Waals surface area contributed by atoms with E-state index >= 15 is 0 Å². The Morgan fingerprint density at radius 3 is 2.12 bits per heavy atom. The number of sulfonamides is 1. The first-order valence-electron chi connectivity index (χ1n) is 7.18. The maximum absolute atomic E-state index is 13.6. The highest BCUT2D eigenvalue weighted by Gasteiger charge is 2.44.